The summed E-state index contributed by atoms with van der Waals surface area (Å²) in [6.45, 7) is 3.59. The van der Waals surface area contributed by atoms with Crippen LogP contribution in [0.25, 0.3) is 0 Å². The molecule has 0 unspecified atom stereocenters. The van der Waals surface area contributed by atoms with E-state index in [2.05, 4.69) is 5.32 Å². The Kier molecular flexibility index (Phi) is 8.25. The van der Waals surface area contributed by atoms with Crippen LogP contribution in [0.2, 0.25) is 0 Å². The van der Waals surface area contributed by atoms with Gasteiger partial charge < -0.3 is 10.1 Å². The lowest BCUT2D eigenvalue weighted by atomic mass is 10.1. The van der Waals surface area contributed by atoms with E-state index in [0.29, 0.717) is 17.7 Å². The second kappa shape index (κ2) is 11.1. The number of rotatable bonds is 10. The second-order valence-corrected chi connectivity index (χ2v) is 9.84. The van der Waals surface area contributed by atoms with E-state index in [1.54, 1.807) is 26.2 Å². The summed E-state index contributed by atoms with van der Waals surface area (Å²) in [4.78, 5) is 13.0. The van der Waals surface area contributed by atoms with Crippen molar-refractivity contribution in [2.45, 2.75) is 31.2 Å². The van der Waals surface area contributed by atoms with Gasteiger partial charge in [-0.05, 0) is 55.2 Å². The van der Waals surface area contributed by atoms with Gasteiger partial charge in [-0.1, -0.05) is 60.7 Å². The number of benzene rings is 3. The fourth-order valence-corrected chi connectivity index (χ4v) is 5.10. The average molecular weight is 467 g/mol. The molecule has 3 rings (SSSR count). The zero-order chi connectivity index (χ0) is 23.8. The second-order valence-electron chi connectivity index (χ2n) is 7.91. The van der Waals surface area contributed by atoms with Crippen molar-refractivity contribution in [2.24, 2.45) is 0 Å². The SMILES string of the molecule is COc1ccc(S(=O)(=O)N(CCc2ccccc2)CC(=O)N[C@@H](C)c2ccccc2)cc1C. The first-order valence-electron chi connectivity index (χ1n) is 10.8. The Morgan fingerprint density at radius 1 is 1.00 bits per heavy atom. The zero-order valence-electron chi connectivity index (χ0n) is 19.2. The van der Waals surface area contributed by atoms with Crippen molar-refractivity contribution in [1.82, 2.24) is 9.62 Å². The first kappa shape index (κ1) is 24.5. The number of ether oxygens (including phenoxy) is 1. The molecule has 0 aromatic heterocycles. The Morgan fingerprint density at radius 3 is 2.24 bits per heavy atom. The van der Waals surface area contributed by atoms with Gasteiger partial charge in [0, 0.05) is 6.54 Å². The molecule has 0 radical (unpaired) electrons. The van der Waals surface area contributed by atoms with Crippen molar-refractivity contribution in [3.8, 4) is 5.75 Å². The van der Waals surface area contributed by atoms with E-state index in [4.69, 9.17) is 4.74 Å². The molecular formula is C26H30N2O4S. The number of aryl methyl sites for hydroxylation is 1. The third-order valence-electron chi connectivity index (χ3n) is 5.49. The summed E-state index contributed by atoms with van der Waals surface area (Å²) in [6, 6.07) is 23.7. The van der Waals surface area contributed by atoms with Crippen LogP contribution in [0, 0.1) is 6.92 Å². The van der Waals surface area contributed by atoms with Crippen LogP contribution < -0.4 is 10.1 Å². The molecule has 6 nitrogen and oxygen atoms in total. The van der Waals surface area contributed by atoms with Gasteiger partial charge in [-0.15, -0.1) is 0 Å². The topological polar surface area (TPSA) is 75.7 Å². The molecule has 3 aromatic carbocycles. The van der Waals surface area contributed by atoms with E-state index in [-0.39, 0.29) is 29.9 Å². The monoisotopic (exact) mass is 466 g/mol. The number of methoxy groups -OCH3 is 1. The Balaban J connectivity index is 1.82. The van der Waals surface area contributed by atoms with Crippen molar-refractivity contribution in [1.29, 1.82) is 0 Å². The number of sulfonamides is 1. The molecule has 0 bridgehead atoms. The lowest BCUT2D eigenvalue weighted by Gasteiger charge is -2.23. The minimum Gasteiger partial charge on any atom is -0.496 e. The van der Waals surface area contributed by atoms with E-state index in [9.17, 15) is 13.2 Å². The van der Waals surface area contributed by atoms with Gasteiger partial charge >= 0.3 is 0 Å². The molecular weight excluding hydrogens is 436 g/mol. The first-order valence-corrected chi connectivity index (χ1v) is 12.3. The molecule has 0 spiro atoms. The van der Waals surface area contributed by atoms with E-state index in [1.807, 2.05) is 67.6 Å². The van der Waals surface area contributed by atoms with Crippen molar-refractivity contribution in [3.05, 3.63) is 95.6 Å². The molecule has 1 amide bonds. The van der Waals surface area contributed by atoms with Crippen LogP contribution in [0.15, 0.2) is 83.8 Å². The third kappa shape index (κ3) is 6.43. The predicted octanol–water partition coefficient (Wildman–Crippen LogP) is 4.11. The molecule has 7 heteroatoms. The molecule has 0 saturated heterocycles. The molecule has 3 aromatic rings. The summed E-state index contributed by atoms with van der Waals surface area (Å²) < 4.78 is 33.5. The number of nitrogens with one attached hydrogen (secondary N) is 1. The van der Waals surface area contributed by atoms with Gasteiger partial charge in [0.1, 0.15) is 5.75 Å². The van der Waals surface area contributed by atoms with Crippen LogP contribution in [0.3, 0.4) is 0 Å². The molecule has 1 N–H and O–H groups in total. The summed E-state index contributed by atoms with van der Waals surface area (Å²) >= 11 is 0. The maximum absolute atomic E-state index is 13.5. The van der Waals surface area contributed by atoms with Gasteiger partial charge in [-0.25, -0.2) is 8.42 Å². The van der Waals surface area contributed by atoms with Gasteiger partial charge in [-0.2, -0.15) is 4.31 Å². The van der Waals surface area contributed by atoms with Crippen molar-refractivity contribution >= 4 is 15.9 Å². The Hall–Kier alpha value is -3.16. The lowest BCUT2D eigenvalue weighted by Crippen LogP contribution is -2.42. The smallest absolute Gasteiger partial charge is 0.243 e. The Bertz CT molecular complexity index is 1170. The zero-order valence-corrected chi connectivity index (χ0v) is 20.0. The molecule has 174 valence electrons. The highest BCUT2D eigenvalue weighted by atomic mass is 32.2. The summed E-state index contributed by atoms with van der Waals surface area (Å²) in [6.07, 6.45) is 0.497. The molecule has 0 aliphatic heterocycles. The van der Waals surface area contributed by atoms with Crippen LogP contribution in [0.4, 0.5) is 0 Å². The van der Waals surface area contributed by atoms with Crippen LogP contribution >= 0.6 is 0 Å². The van der Waals surface area contributed by atoms with Crippen LogP contribution in [-0.2, 0) is 21.2 Å². The largest absolute Gasteiger partial charge is 0.496 e. The van der Waals surface area contributed by atoms with Gasteiger partial charge in [-0.3, -0.25) is 4.79 Å². The molecule has 0 fully saturated rings. The number of hydrogen-bond acceptors (Lipinski definition) is 4. The molecule has 0 aliphatic rings. The number of carbonyl (C=O) groups excluding carboxylic acids is 1. The highest BCUT2D eigenvalue weighted by molar-refractivity contribution is 7.89. The van der Waals surface area contributed by atoms with Crippen LogP contribution in [-0.4, -0.2) is 38.8 Å². The molecule has 0 saturated carbocycles. The van der Waals surface area contributed by atoms with Gasteiger partial charge in [0.05, 0.1) is 24.6 Å². The molecule has 0 aliphatic carbocycles. The minimum atomic E-state index is -3.90. The van der Waals surface area contributed by atoms with Crippen LogP contribution in [0.5, 0.6) is 5.75 Å². The molecule has 0 heterocycles. The maximum atomic E-state index is 13.5. The summed E-state index contributed by atoms with van der Waals surface area (Å²) in [5.41, 5.74) is 2.67. The van der Waals surface area contributed by atoms with E-state index < -0.39 is 10.0 Å². The molecule has 33 heavy (non-hydrogen) atoms. The average Bonchev–Trinajstić information content (AvgIpc) is 2.82. The highest BCUT2D eigenvalue weighted by Gasteiger charge is 2.27. The van der Waals surface area contributed by atoms with Crippen LogP contribution in [0.1, 0.15) is 29.7 Å². The summed E-state index contributed by atoms with van der Waals surface area (Å²) in [5, 5.41) is 2.91. The van der Waals surface area contributed by atoms with Crippen molar-refractivity contribution < 1.29 is 17.9 Å². The number of amides is 1. The van der Waals surface area contributed by atoms with Gasteiger partial charge in [0.25, 0.3) is 0 Å². The Labute approximate surface area is 196 Å². The summed E-state index contributed by atoms with van der Waals surface area (Å²) in [7, 11) is -2.35. The number of nitrogens with zero attached hydrogens (tertiary/aromatic N) is 1. The normalized spacial score (nSPS) is 12.4. The first-order chi connectivity index (χ1) is 15.8. The fourth-order valence-electron chi connectivity index (χ4n) is 3.62. The standard InChI is InChI=1S/C26H30N2O4S/c1-20-18-24(14-15-25(20)32-3)33(30,31)28(17-16-22-10-6-4-7-11-22)19-26(29)27-21(2)23-12-8-5-9-13-23/h4-15,18,21H,16-17,19H2,1-3H3,(H,27,29)/t21-/m0/s1. The van der Waals surface area contributed by atoms with E-state index >= 15 is 0 Å². The minimum absolute atomic E-state index is 0.137. The van der Waals surface area contributed by atoms with E-state index in [0.717, 1.165) is 11.1 Å². The molecule has 1 atom stereocenters. The summed E-state index contributed by atoms with van der Waals surface area (Å²) in [5.74, 6) is 0.257. The quantitative estimate of drug-likeness (QED) is 0.488. The highest BCUT2D eigenvalue weighted by Crippen LogP contribution is 2.24. The van der Waals surface area contributed by atoms with Crippen molar-refractivity contribution in [2.75, 3.05) is 20.2 Å². The lowest BCUT2D eigenvalue weighted by molar-refractivity contribution is -0.121. The van der Waals surface area contributed by atoms with Crippen molar-refractivity contribution in [3.63, 3.8) is 0 Å². The van der Waals surface area contributed by atoms with Gasteiger partial charge in [0.2, 0.25) is 15.9 Å². The fraction of sp³-hybridized carbons (Fsp3) is 0.269. The number of hydrogen-bond donors (Lipinski definition) is 1. The number of carbonyl (C=O) groups is 1. The van der Waals surface area contributed by atoms with E-state index in [1.165, 1.54) is 10.4 Å². The predicted molar refractivity (Wildman–Crippen MR) is 130 cm³/mol. The van der Waals surface area contributed by atoms with Gasteiger partial charge in [0.15, 0.2) is 0 Å². The third-order valence-corrected chi connectivity index (χ3v) is 7.33. The maximum Gasteiger partial charge on any atom is 0.243 e. The Morgan fingerprint density at radius 2 is 1.64 bits per heavy atom.